The Kier molecular flexibility index (Phi) is 3.34. The van der Waals surface area contributed by atoms with Crippen molar-refractivity contribution in [1.29, 1.82) is 0 Å². The molecule has 2 nitrogen and oxygen atoms in total. The van der Waals surface area contributed by atoms with Gasteiger partial charge < -0.3 is 5.32 Å². The molecule has 1 aromatic rings. The Labute approximate surface area is 89.4 Å². The van der Waals surface area contributed by atoms with E-state index in [4.69, 9.17) is 11.6 Å². The topological polar surface area (TPSA) is 29.1 Å². The van der Waals surface area contributed by atoms with Crippen LogP contribution >= 0.6 is 34.2 Å². The van der Waals surface area contributed by atoms with Crippen molar-refractivity contribution in [2.24, 2.45) is 0 Å². The molecule has 0 spiro atoms. The summed E-state index contributed by atoms with van der Waals surface area (Å²) in [7, 11) is 1.60. The lowest BCUT2D eigenvalue weighted by Gasteiger charge is -2.02. The molecule has 1 amide bonds. The van der Waals surface area contributed by atoms with Gasteiger partial charge in [-0.1, -0.05) is 11.6 Å². The van der Waals surface area contributed by atoms with E-state index < -0.39 is 0 Å². The maximum Gasteiger partial charge on any atom is 0.252 e. The molecule has 0 heterocycles. The number of carbonyl (C=O) groups is 1. The molecule has 0 atom stereocenters. The monoisotopic (exact) mass is 295 g/mol. The minimum atomic E-state index is -0.0870. The summed E-state index contributed by atoms with van der Waals surface area (Å²) in [6, 6.07) is 5.17. The van der Waals surface area contributed by atoms with Gasteiger partial charge in [0.25, 0.3) is 5.91 Å². The maximum atomic E-state index is 11.2. The maximum absolute atomic E-state index is 11.2. The Hall–Kier alpha value is -0.290. The van der Waals surface area contributed by atoms with Crippen LogP contribution in [0.25, 0.3) is 0 Å². The molecule has 0 unspecified atom stereocenters. The predicted molar refractivity (Wildman–Crippen MR) is 57.6 cm³/mol. The summed E-state index contributed by atoms with van der Waals surface area (Å²) in [5.41, 5.74) is 0.655. The Morgan fingerprint density at radius 1 is 1.58 bits per heavy atom. The minimum absolute atomic E-state index is 0.0870. The van der Waals surface area contributed by atoms with E-state index in [1.54, 1.807) is 25.2 Å². The fourth-order valence-corrected chi connectivity index (χ4v) is 1.92. The number of rotatable bonds is 1. The molecule has 0 saturated heterocycles. The van der Waals surface area contributed by atoms with Gasteiger partial charge in [0.2, 0.25) is 0 Å². The van der Waals surface area contributed by atoms with Crippen molar-refractivity contribution in [3.05, 3.63) is 32.4 Å². The summed E-state index contributed by atoms with van der Waals surface area (Å²) in [5.74, 6) is -0.0870. The second-order valence-corrected chi connectivity index (χ2v) is 3.80. The lowest BCUT2D eigenvalue weighted by Crippen LogP contribution is -2.18. The summed E-state index contributed by atoms with van der Waals surface area (Å²) in [6.45, 7) is 0. The number of benzene rings is 1. The molecule has 0 radical (unpaired) electrons. The lowest BCUT2D eigenvalue weighted by atomic mass is 10.2. The first-order valence-electron chi connectivity index (χ1n) is 3.32. The van der Waals surface area contributed by atoms with Gasteiger partial charge in [0.05, 0.1) is 5.56 Å². The van der Waals surface area contributed by atoms with E-state index in [9.17, 15) is 4.79 Å². The largest absolute Gasteiger partial charge is 0.355 e. The zero-order chi connectivity index (χ0) is 9.14. The average Bonchev–Trinajstić information content (AvgIpc) is 2.03. The molecule has 0 bridgehead atoms. The van der Waals surface area contributed by atoms with Gasteiger partial charge in [-0.25, -0.2) is 0 Å². The highest BCUT2D eigenvalue weighted by atomic mass is 127. The quantitative estimate of drug-likeness (QED) is 0.792. The molecule has 0 aliphatic heterocycles. The first-order chi connectivity index (χ1) is 5.65. The Bertz CT molecular complexity index is 314. The standard InChI is InChI=1S/C8H7ClINO/c1-11-8(12)6-3-2-5(9)4-7(6)10/h2-4H,1H3,(H,11,12). The number of nitrogens with one attached hydrogen (secondary N) is 1. The molecule has 0 aliphatic rings. The van der Waals surface area contributed by atoms with E-state index in [1.807, 2.05) is 0 Å². The molecular weight excluding hydrogens is 288 g/mol. The van der Waals surface area contributed by atoms with Crippen molar-refractivity contribution >= 4 is 40.1 Å². The number of hydrogen-bond donors (Lipinski definition) is 1. The average molecular weight is 296 g/mol. The van der Waals surface area contributed by atoms with Gasteiger partial charge in [-0.2, -0.15) is 0 Å². The van der Waals surface area contributed by atoms with Gasteiger partial charge in [-0.15, -0.1) is 0 Å². The van der Waals surface area contributed by atoms with Crippen molar-refractivity contribution in [3.63, 3.8) is 0 Å². The summed E-state index contributed by atoms with van der Waals surface area (Å²) in [6.07, 6.45) is 0. The summed E-state index contributed by atoms with van der Waals surface area (Å²) in [4.78, 5) is 11.2. The molecule has 64 valence electrons. The van der Waals surface area contributed by atoms with Crippen molar-refractivity contribution < 1.29 is 4.79 Å². The van der Waals surface area contributed by atoms with Crippen molar-refractivity contribution in [2.75, 3.05) is 7.05 Å². The van der Waals surface area contributed by atoms with Crippen molar-refractivity contribution in [1.82, 2.24) is 5.32 Å². The highest BCUT2D eigenvalue weighted by molar-refractivity contribution is 14.1. The van der Waals surface area contributed by atoms with Crippen LogP contribution in [0.3, 0.4) is 0 Å². The van der Waals surface area contributed by atoms with E-state index in [-0.39, 0.29) is 5.91 Å². The van der Waals surface area contributed by atoms with Crippen LogP contribution in [0.1, 0.15) is 10.4 Å². The van der Waals surface area contributed by atoms with E-state index in [2.05, 4.69) is 27.9 Å². The third-order valence-electron chi connectivity index (χ3n) is 1.40. The Morgan fingerprint density at radius 2 is 2.25 bits per heavy atom. The first-order valence-corrected chi connectivity index (χ1v) is 4.78. The zero-order valence-corrected chi connectivity index (χ0v) is 9.31. The predicted octanol–water partition coefficient (Wildman–Crippen LogP) is 2.30. The van der Waals surface area contributed by atoms with Crippen LogP contribution in [0.2, 0.25) is 5.02 Å². The molecule has 0 saturated carbocycles. The van der Waals surface area contributed by atoms with Crippen molar-refractivity contribution in [2.45, 2.75) is 0 Å². The van der Waals surface area contributed by atoms with Crippen LogP contribution < -0.4 is 5.32 Å². The minimum Gasteiger partial charge on any atom is -0.355 e. The molecular formula is C8H7ClINO. The third kappa shape index (κ3) is 2.10. The zero-order valence-electron chi connectivity index (χ0n) is 6.40. The van der Waals surface area contributed by atoms with E-state index in [0.29, 0.717) is 10.6 Å². The number of amides is 1. The van der Waals surface area contributed by atoms with Gasteiger partial charge in [-0.3, -0.25) is 4.79 Å². The second kappa shape index (κ2) is 4.09. The Balaban J connectivity index is 3.09. The van der Waals surface area contributed by atoms with E-state index in [1.165, 1.54) is 0 Å². The lowest BCUT2D eigenvalue weighted by molar-refractivity contribution is 0.0962. The molecule has 1 aromatic carbocycles. The molecule has 1 rings (SSSR count). The molecule has 1 N–H and O–H groups in total. The van der Waals surface area contributed by atoms with Crippen molar-refractivity contribution in [3.8, 4) is 0 Å². The molecule has 12 heavy (non-hydrogen) atoms. The number of carbonyl (C=O) groups excluding carboxylic acids is 1. The summed E-state index contributed by atoms with van der Waals surface area (Å²) < 4.78 is 0.861. The fraction of sp³-hybridized carbons (Fsp3) is 0.125. The van der Waals surface area contributed by atoms with Gasteiger partial charge in [0.1, 0.15) is 0 Å². The van der Waals surface area contributed by atoms with Gasteiger partial charge in [0, 0.05) is 15.6 Å². The van der Waals surface area contributed by atoms with Gasteiger partial charge >= 0.3 is 0 Å². The van der Waals surface area contributed by atoms with Crippen LogP contribution in [0, 0.1) is 3.57 Å². The summed E-state index contributed by atoms with van der Waals surface area (Å²) in [5, 5.41) is 3.20. The van der Waals surface area contributed by atoms with Gasteiger partial charge in [0.15, 0.2) is 0 Å². The molecule has 0 aliphatic carbocycles. The molecule has 0 aromatic heterocycles. The fourth-order valence-electron chi connectivity index (χ4n) is 0.808. The third-order valence-corrected chi connectivity index (χ3v) is 2.53. The highest BCUT2D eigenvalue weighted by Gasteiger charge is 2.07. The van der Waals surface area contributed by atoms with Gasteiger partial charge in [-0.05, 0) is 40.8 Å². The van der Waals surface area contributed by atoms with Crippen LogP contribution in [-0.4, -0.2) is 13.0 Å². The second-order valence-electron chi connectivity index (χ2n) is 2.20. The summed E-state index contributed by atoms with van der Waals surface area (Å²) >= 11 is 7.81. The van der Waals surface area contributed by atoms with Crippen LogP contribution in [0.15, 0.2) is 18.2 Å². The van der Waals surface area contributed by atoms with Crippen LogP contribution in [-0.2, 0) is 0 Å². The smallest absolute Gasteiger partial charge is 0.252 e. The highest BCUT2D eigenvalue weighted by Crippen LogP contribution is 2.17. The van der Waals surface area contributed by atoms with Crippen LogP contribution in [0.5, 0.6) is 0 Å². The number of halogens is 2. The van der Waals surface area contributed by atoms with E-state index in [0.717, 1.165) is 3.57 Å². The number of hydrogen-bond acceptors (Lipinski definition) is 1. The van der Waals surface area contributed by atoms with E-state index >= 15 is 0 Å². The van der Waals surface area contributed by atoms with Crippen LogP contribution in [0.4, 0.5) is 0 Å². The Morgan fingerprint density at radius 3 is 2.75 bits per heavy atom. The normalized spacial score (nSPS) is 9.58. The molecule has 0 fully saturated rings. The molecule has 4 heteroatoms. The first kappa shape index (κ1) is 9.80. The SMILES string of the molecule is CNC(=O)c1ccc(Cl)cc1I.